The van der Waals surface area contributed by atoms with Crippen molar-refractivity contribution in [3.05, 3.63) is 57.8 Å². The third kappa shape index (κ3) is 5.10. The molecule has 1 aromatic heterocycles. The van der Waals surface area contributed by atoms with E-state index in [1.165, 1.54) is 35.2 Å². The summed E-state index contributed by atoms with van der Waals surface area (Å²) in [6.45, 7) is 1.30. The maximum atomic E-state index is 13.5. The van der Waals surface area contributed by atoms with Gasteiger partial charge in [0.05, 0.1) is 21.5 Å². The van der Waals surface area contributed by atoms with Crippen LogP contribution in [0.15, 0.2) is 41.3 Å². The van der Waals surface area contributed by atoms with Crippen molar-refractivity contribution in [2.75, 3.05) is 13.1 Å². The van der Waals surface area contributed by atoms with Gasteiger partial charge in [0.25, 0.3) is 5.91 Å². The third-order valence-corrected chi connectivity index (χ3v) is 7.68. The largest absolute Gasteiger partial charge is 0.337 e. The lowest BCUT2D eigenvalue weighted by Gasteiger charge is -2.34. The molecule has 0 saturated carbocycles. The average molecular weight is 477 g/mol. The lowest BCUT2D eigenvalue weighted by molar-refractivity contribution is -0.0595. The summed E-state index contributed by atoms with van der Waals surface area (Å²) in [5.41, 5.74) is 0.224. The van der Waals surface area contributed by atoms with Crippen LogP contribution < -0.4 is 0 Å². The fourth-order valence-electron chi connectivity index (χ4n) is 3.48. The van der Waals surface area contributed by atoms with Crippen LogP contribution in [0.25, 0.3) is 0 Å². The molecular weight excluding hydrogens is 457 g/mol. The topological polar surface area (TPSA) is 67.3 Å². The van der Waals surface area contributed by atoms with E-state index in [9.17, 15) is 22.0 Å². The van der Waals surface area contributed by atoms with Crippen molar-refractivity contribution in [2.24, 2.45) is 5.92 Å². The van der Waals surface area contributed by atoms with Crippen molar-refractivity contribution < 1.29 is 22.0 Å². The summed E-state index contributed by atoms with van der Waals surface area (Å²) >= 11 is 12.0. The van der Waals surface area contributed by atoms with E-state index >= 15 is 0 Å². The molecule has 10 heteroatoms. The minimum Gasteiger partial charge on any atom is -0.337 e. The molecular formula is C20H20Cl2F2N2O3S. The zero-order valence-electron chi connectivity index (χ0n) is 16.1. The Balaban J connectivity index is 1.76. The van der Waals surface area contributed by atoms with E-state index in [2.05, 4.69) is 4.98 Å². The normalized spacial score (nSPS) is 16.0. The fourth-order valence-corrected chi connectivity index (χ4v) is 6.00. The summed E-state index contributed by atoms with van der Waals surface area (Å²) < 4.78 is 52.5. The molecule has 1 fully saturated rings. The van der Waals surface area contributed by atoms with Crippen LogP contribution in [-0.4, -0.2) is 43.2 Å². The van der Waals surface area contributed by atoms with Crippen molar-refractivity contribution in [3.63, 3.8) is 0 Å². The molecule has 2 heterocycles. The van der Waals surface area contributed by atoms with E-state index in [0.29, 0.717) is 0 Å². The lowest BCUT2D eigenvalue weighted by atomic mass is 9.91. The first-order chi connectivity index (χ1) is 14.0. The molecule has 0 spiro atoms. The highest BCUT2D eigenvalue weighted by atomic mass is 35.5. The van der Waals surface area contributed by atoms with Crippen LogP contribution >= 0.6 is 23.2 Å². The summed E-state index contributed by atoms with van der Waals surface area (Å²) in [5, 5.41) is 0.00987. The van der Waals surface area contributed by atoms with E-state index < -0.39 is 33.3 Å². The summed E-state index contributed by atoms with van der Waals surface area (Å²) in [7, 11) is -3.90. The number of hydrogen-bond donors (Lipinski definition) is 0. The molecule has 0 atom stereocenters. The van der Waals surface area contributed by atoms with E-state index in [1.807, 2.05) is 0 Å². The zero-order chi connectivity index (χ0) is 22.1. The van der Waals surface area contributed by atoms with Gasteiger partial charge in [-0.2, -0.15) is 0 Å². The van der Waals surface area contributed by atoms with Crippen LogP contribution in [0.5, 0.6) is 0 Å². The van der Waals surface area contributed by atoms with Crippen molar-refractivity contribution >= 4 is 38.9 Å². The standard InChI is InChI=1S/C20H20Cl2F2N2O3S/c1-20(23,24)13-8-10-26(11-9-13)19(27)17-7-2-4-14(25-17)12-30(28,29)18-15(21)5-3-6-16(18)22/h2-7,13H,8-12H2,1H3. The van der Waals surface area contributed by atoms with Crippen molar-refractivity contribution in [2.45, 2.75) is 36.3 Å². The highest BCUT2D eigenvalue weighted by molar-refractivity contribution is 7.90. The van der Waals surface area contributed by atoms with Gasteiger partial charge in [0, 0.05) is 19.0 Å². The van der Waals surface area contributed by atoms with Gasteiger partial charge < -0.3 is 4.90 Å². The van der Waals surface area contributed by atoms with Crippen molar-refractivity contribution in [3.8, 4) is 0 Å². The van der Waals surface area contributed by atoms with Crippen LogP contribution in [0.2, 0.25) is 10.0 Å². The molecule has 1 aliphatic rings. The number of halogens is 4. The van der Waals surface area contributed by atoms with Gasteiger partial charge in [-0.15, -0.1) is 0 Å². The van der Waals surface area contributed by atoms with Crippen LogP contribution in [0.3, 0.4) is 0 Å². The minimum atomic E-state index is -3.90. The molecule has 0 aliphatic carbocycles. The van der Waals surface area contributed by atoms with Gasteiger partial charge in [-0.25, -0.2) is 22.2 Å². The lowest BCUT2D eigenvalue weighted by Crippen LogP contribution is -2.42. The van der Waals surface area contributed by atoms with Crippen LogP contribution in [0, 0.1) is 5.92 Å². The second-order valence-corrected chi connectivity index (χ2v) is 10.1. The number of sulfone groups is 1. The van der Waals surface area contributed by atoms with Gasteiger partial charge >= 0.3 is 0 Å². The van der Waals surface area contributed by atoms with Crippen molar-refractivity contribution in [1.29, 1.82) is 0 Å². The van der Waals surface area contributed by atoms with Gasteiger partial charge in [0.2, 0.25) is 5.92 Å². The van der Waals surface area contributed by atoms with E-state index in [1.54, 1.807) is 6.07 Å². The molecule has 1 amide bonds. The number of aromatic nitrogens is 1. The number of piperidine rings is 1. The second-order valence-electron chi connectivity index (χ2n) is 7.35. The molecule has 2 aromatic rings. The highest BCUT2D eigenvalue weighted by Crippen LogP contribution is 2.33. The molecule has 1 saturated heterocycles. The number of carbonyl (C=O) groups is 1. The number of carbonyl (C=O) groups excluding carboxylic acids is 1. The SMILES string of the molecule is CC(F)(F)C1CCN(C(=O)c2cccc(CS(=O)(=O)c3c(Cl)cccc3Cl)n2)CC1. The predicted octanol–water partition coefficient (Wildman–Crippen LogP) is 4.87. The predicted molar refractivity (Wildman–Crippen MR) is 111 cm³/mol. The summed E-state index contributed by atoms with van der Waals surface area (Å²) in [6.07, 6.45) is 0.405. The fraction of sp³-hybridized carbons (Fsp3) is 0.400. The Hall–Kier alpha value is -1.77. The van der Waals surface area contributed by atoms with Gasteiger partial charge in [-0.05, 0) is 44.0 Å². The monoisotopic (exact) mass is 476 g/mol. The quantitative estimate of drug-likeness (QED) is 0.617. The zero-order valence-corrected chi connectivity index (χ0v) is 18.4. The molecule has 1 aromatic carbocycles. The first-order valence-electron chi connectivity index (χ1n) is 9.29. The van der Waals surface area contributed by atoms with Gasteiger partial charge in [-0.1, -0.05) is 35.3 Å². The molecule has 0 radical (unpaired) electrons. The third-order valence-electron chi connectivity index (χ3n) is 5.09. The van der Waals surface area contributed by atoms with E-state index in [-0.39, 0.29) is 52.3 Å². The maximum absolute atomic E-state index is 13.5. The average Bonchev–Trinajstić information content (AvgIpc) is 2.66. The van der Waals surface area contributed by atoms with Crippen LogP contribution in [0.4, 0.5) is 8.78 Å². The minimum absolute atomic E-state index is 0.00493. The van der Waals surface area contributed by atoms with Gasteiger partial charge in [-0.3, -0.25) is 4.79 Å². The summed E-state index contributed by atoms with van der Waals surface area (Å²) in [4.78, 5) is 18.2. The first kappa shape index (κ1) is 22.9. The molecule has 5 nitrogen and oxygen atoms in total. The molecule has 162 valence electrons. The smallest absolute Gasteiger partial charge is 0.272 e. The molecule has 1 aliphatic heterocycles. The Labute approximate surface area is 183 Å². The molecule has 0 bridgehead atoms. The summed E-state index contributed by atoms with van der Waals surface area (Å²) in [5.74, 6) is -4.43. The molecule has 30 heavy (non-hydrogen) atoms. The van der Waals surface area contributed by atoms with Crippen LogP contribution in [0.1, 0.15) is 35.9 Å². The Morgan fingerprint density at radius 3 is 2.27 bits per heavy atom. The Morgan fingerprint density at radius 1 is 1.13 bits per heavy atom. The number of alkyl halides is 2. The molecule has 3 rings (SSSR count). The molecule has 0 unspecified atom stereocenters. The number of rotatable bonds is 5. The summed E-state index contributed by atoms with van der Waals surface area (Å²) in [6, 6.07) is 8.89. The first-order valence-corrected chi connectivity index (χ1v) is 11.7. The van der Waals surface area contributed by atoms with Gasteiger partial charge in [0.15, 0.2) is 9.84 Å². The number of hydrogen-bond acceptors (Lipinski definition) is 4. The second kappa shape index (κ2) is 8.77. The van der Waals surface area contributed by atoms with E-state index in [4.69, 9.17) is 23.2 Å². The molecule has 0 N–H and O–H groups in total. The number of nitrogens with zero attached hydrogens (tertiary/aromatic N) is 2. The number of likely N-dealkylation sites (tertiary alicyclic amines) is 1. The van der Waals surface area contributed by atoms with E-state index in [0.717, 1.165) is 6.92 Å². The number of pyridine rings is 1. The number of benzene rings is 1. The Kier molecular flexibility index (Phi) is 6.69. The highest BCUT2D eigenvalue weighted by Gasteiger charge is 2.37. The Morgan fingerprint density at radius 2 is 1.70 bits per heavy atom. The van der Waals surface area contributed by atoms with Crippen molar-refractivity contribution in [1.82, 2.24) is 9.88 Å². The van der Waals surface area contributed by atoms with Gasteiger partial charge in [0.1, 0.15) is 10.6 Å². The Bertz CT molecular complexity index is 1030. The maximum Gasteiger partial charge on any atom is 0.272 e. The van der Waals surface area contributed by atoms with Crippen LogP contribution in [-0.2, 0) is 15.6 Å². The number of amides is 1.